The minimum Gasteiger partial charge on any atom is -0.468 e. The number of thioether (sulfide) groups is 1. The van der Waals surface area contributed by atoms with Crippen molar-refractivity contribution in [1.82, 2.24) is 9.36 Å². The van der Waals surface area contributed by atoms with Crippen LogP contribution in [0.5, 0.6) is 0 Å². The second-order valence-electron chi connectivity index (χ2n) is 3.80. The van der Waals surface area contributed by atoms with Gasteiger partial charge in [-0.2, -0.15) is 4.37 Å². The van der Waals surface area contributed by atoms with E-state index in [1.165, 1.54) is 36.7 Å². The molecule has 7 heteroatoms. The SMILES string of the molecule is COC(=O)C(N)(CSc1ncns1)C1CC1. The van der Waals surface area contributed by atoms with Crippen molar-refractivity contribution < 1.29 is 9.53 Å². The van der Waals surface area contributed by atoms with Crippen molar-refractivity contribution in [2.24, 2.45) is 11.7 Å². The zero-order chi connectivity index (χ0) is 11.6. The molecule has 1 aromatic heterocycles. The van der Waals surface area contributed by atoms with Crippen LogP contribution < -0.4 is 5.73 Å². The van der Waals surface area contributed by atoms with Crippen LogP contribution in [-0.2, 0) is 9.53 Å². The number of ether oxygens (including phenoxy) is 1. The summed E-state index contributed by atoms with van der Waals surface area (Å²) in [5.41, 5.74) is 5.27. The van der Waals surface area contributed by atoms with Crippen LogP contribution in [0.2, 0.25) is 0 Å². The largest absolute Gasteiger partial charge is 0.468 e. The van der Waals surface area contributed by atoms with Gasteiger partial charge in [0.15, 0.2) is 4.34 Å². The van der Waals surface area contributed by atoms with E-state index in [9.17, 15) is 4.79 Å². The molecule has 0 amide bonds. The van der Waals surface area contributed by atoms with Crippen molar-refractivity contribution in [3.05, 3.63) is 6.33 Å². The number of rotatable bonds is 5. The van der Waals surface area contributed by atoms with Crippen molar-refractivity contribution in [2.75, 3.05) is 12.9 Å². The summed E-state index contributed by atoms with van der Waals surface area (Å²) >= 11 is 2.77. The Morgan fingerprint density at radius 3 is 3.06 bits per heavy atom. The van der Waals surface area contributed by atoms with Gasteiger partial charge >= 0.3 is 5.97 Å². The number of carbonyl (C=O) groups excluding carboxylic acids is 1. The number of esters is 1. The van der Waals surface area contributed by atoms with Crippen LogP contribution in [0.25, 0.3) is 0 Å². The zero-order valence-corrected chi connectivity index (χ0v) is 10.5. The second kappa shape index (κ2) is 4.68. The zero-order valence-electron chi connectivity index (χ0n) is 8.88. The normalized spacial score (nSPS) is 19.1. The molecule has 88 valence electrons. The maximum atomic E-state index is 11.7. The third-order valence-corrected chi connectivity index (χ3v) is 4.66. The summed E-state index contributed by atoms with van der Waals surface area (Å²) < 4.78 is 9.51. The van der Waals surface area contributed by atoms with Gasteiger partial charge in [-0.1, -0.05) is 11.8 Å². The van der Waals surface area contributed by atoms with Crippen LogP contribution in [0, 0.1) is 5.92 Å². The predicted octanol–water partition coefficient (Wildman–Crippen LogP) is 0.911. The van der Waals surface area contributed by atoms with Crippen molar-refractivity contribution in [3.8, 4) is 0 Å². The van der Waals surface area contributed by atoms with E-state index < -0.39 is 5.54 Å². The van der Waals surface area contributed by atoms with E-state index in [0.717, 1.165) is 17.2 Å². The Balaban J connectivity index is 2.00. The van der Waals surface area contributed by atoms with Crippen LogP contribution in [0.4, 0.5) is 0 Å². The van der Waals surface area contributed by atoms with E-state index in [1.807, 2.05) is 0 Å². The first-order valence-corrected chi connectivity index (χ1v) is 6.69. The highest BCUT2D eigenvalue weighted by molar-refractivity contribution is 8.01. The molecule has 16 heavy (non-hydrogen) atoms. The average Bonchev–Trinajstić information content (AvgIpc) is 3.03. The first kappa shape index (κ1) is 11.8. The third-order valence-electron chi connectivity index (χ3n) is 2.65. The van der Waals surface area contributed by atoms with Gasteiger partial charge in [0.2, 0.25) is 0 Å². The molecule has 0 saturated heterocycles. The standard InChI is InChI=1S/C9H13N3O2S2/c1-14-7(13)9(10,6-2-3-6)4-15-8-11-5-12-16-8/h5-6H,2-4,10H2,1H3. The molecule has 1 aliphatic rings. The summed E-state index contributed by atoms with van der Waals surface area (Å²) in [5, 5.41) is 0. The summed E-state index contributed by atoms with van der Waals surface area (Å²) in [7, 11) is 1.38. The van der Waals surface area contributed by atoms with E-state index >= 15 is 0 Å². The summed E-state index contributed by atoms with van der Waals surface area (Å²) in [4.78, 5) is 15.7. The number of aromatic nitrogens is 2. The average molecular weight is 259 g/mol. The molecule has 1 fully saturated rings. The lowest BCUT2D eigenvalue weighted by Gasteiger charge is -2.25. The van der Waals surface area contributed by atoms with Crippen molar-refractivity contribution in [1.29, 1.82) is 0 Å². The van der Waals surface area contributed by atoms with Gasteiger partial charge in [0.05, 0.1) is 7.11 Å². The fraction of sp³-hybridized carbons (Fsp3) is 0.667. The topological polar surface area (TPSA) is 78.1 Å². The highest BCUT2D eigenvalue weighted by atomic mass is 32.2. The Hall–Kier alpha value is -0.660. The molecule has 0 bridgehead atoms. The molecule has 2 rings (SSSR count). The number of methoxy groups -OCH3 is 1. The third kappa shape index (κ3) is 2.36. The number of carbonyl (C=O) groups is 1. The van der Waals surface area contributed by atoms with Crippen LogP contribution in [-0.4, -0.2) is 33.7 Å². The van der Waals surface area contributed by atoms with Crippen molar-refractivity contribution in [2.45, 2.75) is 22.7 Å². The van der Waals surface area contributed by atoms with E-state index in [2.05, 4.69) is 9.36 Å². The minimum atomic E-state index is -0.870. The Bertz CT molecular complexity index is 367. The van der Waals surface area contributed by atoms with E-state index in [0.29, 0.717) is 5.75 Å². The summed E-state index contributed by atoms with van der Waals surface area (Å²) in [6.45, 7) is 0. The second-order valence-corrected chi connectivity index (χ2v) is 5.80. The molecule has 0 aliphatic heterocycles. The van der Waals surface area contributed by atoms with E-state index in [4.69, 9.17) is 10.5 Å². The number of nitrogens with two attached hydrogens (primary N) is 1. The van der Waals surface area contributed by atoms with Gasteiger partial charge in [-0.3, -0.25) is 4.79 Å². The molecule has 1 heterocycles. The van der Waals surface area contributed by atoms with E-state index in [-0.39, 0.29) is 11.9 Å². The van der Waals surface area contributed by atoms with Crippen LogP contribution in [0.3, 0.4) is 0 Å². The monoisotopic (exact) mass is 259 g/mol. The molecule has 1 saturated carbocycles. The lowest BCUT2D eigenvalue weighted by molar-refractivity contribution is -0.146. The fourth-order valence-corrected chi connectivity index (χ4v) is 3.17. The van der Waals surface area contributed by atoms with Gasteiger partial charge < -0.3 is 10.5 Å². The van der Waals surface area contributed by atoms with Crippen LogP contribution in [0.1, 0.15) is 12.8 Å². The molecular weight excluding hydrogens is 246 g/mol. The quantitative estimate of drug-likeness (QED) is 0.625. The lowest BCUT2D eigenvalue weighted by atomic mass is 9.97. The molecule has 2 N–H and O–H groups in total. The highest BCUT2D eigenvalue weighted by Gasteiger charge is 2.49. The molecule has 1 atom stereocenters. The number of hydrogen-bond acceptors (Lipinski definition) is 7. The Morgan fingerprint density at radius 1 is 1.81 bits per heavy atom. The Kier molecular flexibility index (Phi) is 3.46. The maximum Gasteiger partial charge on any atom is 0.327 e. The maximum absolute atomic E-state index is 11.7. The van der Waals surface area contributed by atoms with Gasteiger partial charge in [-0.25, -0.2) is 4.98 Å². The number of nitrogens with zero attached hydrogens (tertiary/aromatic N) is 2. The Morgan fingerprint density at radius 2 is 2.56 bits per heavy atom. The first-order valence-electron chi connectivity index (χ1n) is 4.93. The minimum absolute atomic E-state index is 0.250. The summed E-state index contributed by atoms with van der Waals surface area (Å²) in [6.07, 6.45) is 3.50. The Labute approximate surface area is 102 Å². The molecular formula is C9H13N3O2S2. The highest BCUT2D eigenvalue weighted by Crippen LogP contribution is 2.41. The predicted molar refractivity (Wildman–Crippen MR) is 62.3 cm³/mol. The fourth-order valence-electron chi connectivity index (χ4n) is 1.54. The molecule has 0 spiro atoms. The van der Waals surface area contributed by atoms with Crippen LogP contribution >= 0.6 is 23.3 Å². The molecule has 0 aromatic carbocycles. The molecule has 0 radical (unpaired) electrons. The summed E-state index contributed by atoms with van der Waals surface area (Å²) in [6, 6.07) is 0. The molecule has 1 aromatic rings. The summed E-state index contributed by atoms with van der Waals surface area (Å²) in [5.74, 6) is 0.423. The molecule has 5 nitrogen and oxygen atoms in total. The smallest absolute Gasteiger partial charge is 0.327 e. The van der Waals surface area contributed by atoms with Gasteiger partial charge in [-0.15, -0.1) is 0 Å². The number of hydrogen-bond donors (Lipinski definition) is 1. The van der Waals surface area contributed by atoms with Gasteiger partial charge in [0, 0.05) is 5.75 Å². The van der Waals surface area contributed by atoms with Crippen molar-refractivity contribution in [3.63, 3.8) is 0 Å². The van der Waals surface area contributed by atoms with Gasteiger partial charge in [-0.05, 0) is 30.3 Å². The first-order chi connectivity index (χ1) is 7.66. The molecule has 1 unspecified atom stereocenters. The van der Waals surface area contributed by atoms with Crippen LogP contribution in [0.15, 0.2) is 10.7 Å². The lowest BCUT2D eigenvalue weighted by Crippen LogP contribution is -2.53. The van der Waals surface area contributed by atoms with Gasteiger partial charge in [0.1, 0.15) is 11.9 Å². The van der Waals surface area contributed by atoms with Gasteiger partial charge in [0.25, 0.3) is 0 Å². The molecule has 1 aliphatic carbocycles. The van der Waals surface area contributed by atoms with Crippen molar-refractivity contribution >= 4 is 29.3 Å². The van der Waals surface area contributed by atoms with E-state index in [1.54, 1.807) is 0 Å².